The molecule has 6 rings (SSSR count). The molecule has 1 radical (unpaired) electrons. The average molecular weight is 846 g/mol. The second-order valence-electron chi connectivity index (χ2n) is 14.9. The topological polar surface area (TPSA) is 39.4 Å². The summed E-state index contributed by atoms with van der Waals surface area (Å²) in [6.45, 7) is 23.8. The van der Waals surface area contributed by atoms with Gasteiger partial charge in [-0.3, -0.25) is 9.98 Å². The molecule has 0 saturated carbocycles. The normalized spacial score (nSPS) is 12.7. The first-order valence-electron chi connectivity index (χ1n) is 17.3. The van der Waals surface area contributed by atoms with Crippen molar-refractivity contribution in [3.8, 4) is 11.3 Å². The van der Waals surface area contributed by atoms with Gasteiger partial charge in [-0.15, -0.1) is 46.5 Å². The number of hydrogen-bond acceptors (Lipinski definition) is 3. The summed E-state index contributed by atoms with van der Waals surface area (Å²) in [4.78, 5) is 9.70. The summed E-state index contributed by atoms with van der Waals surface area (Å²) in [6.07, 6.45) is 3.11. The van der Waals surface area contributed by atoms with Crippen LogP contribution < -0.4 is 0 Å². The van der Waals surface area contributed by atoms with Crippen molar-refractivity contribution in [1.29, 1.82) is 0 Å². The number of aliphatic imine (C=N–C) groups is 1. The number of benzene rings is 4. The first-order valence-corrected chi connectivity index (χ1v) is 18.2. The molecule has 0 fully saturated rings. The Balaban J connectivity index is 0.000000332. The van der Waals surface area contributed by atoms with Crippen LogP contribution in [0.4, 0.5) is 0 Å². The Kier molecular flexibility index (Phi) is 12.6. The fourth-order valence-corrected chi connectivity index (χ4v) is 7.86. The van der Waals surface area contributed by atoms with Crippen molar-refractivity contribution in [3.05, 3.63) is 107 Å². The van der Waals surface area contributed by atoms with Crippen molar-refractivity contribution in [1.82, 2.24) is 4.98 Å². The second-order valence-corrected chi connectivity index (χ2v) is 16.0. The van der Waals surface area contributed by atoms with Gasteiger partial charge in [0.05, 0.1) is 5.52 Å². The average Bonchev–Trinajstić information content (AvgIpc) is 3.40. The molecule has 0 bridgehead atoms. The van der Waals surface area contributed by atoms with Gasteiger partial charge in [-0.05, 0) is 60.9 Å². The predicted octanol–water partition coefficient (Wildman–Crippen LogP) is 13.3. The Morgan fingerprint density at radius 1 is 0.857 bits per heavy atom. The molecule has 0 amide bonds. The third-order valence-corrected chi connectivity index (χ3v) is 9.54. The molecule has 0 saturated heterocycles. The Hall–Kier alpha value is -3.37. The van der Waals surface area contributed by atoms with Crippen molar-refractivity contribution in [2.45, 2.75) is 100 Å². The first kappa shape index (κ1) is 38.4. The van der Waals surface area contributed by atoms with Gasteiger partial charge in [0.2, 0.25) is 0 Å². The number of para-hydroxylation sites is 1. The summed E-state index contributed by atoms with van der Waals surface area (Å²) in [5.41, 5.74) is 8.07. The van der Waals surface area contributed by atoms with E-state index >= 15 is 0 Å². The van der Waals surface area contributed by atoms with Gasteiger partial charge < -0.3 is 5.32 Å². The molecule has 0 aliphatic carbocycles. The van der Waals surface area contributed by atoms with E-state index < -0.39 is 0 Å². The fraction of sp³-hybridized carbons (Fsp3) is 0.364. The Morgan fingerprint density at radius 3 is 2.16 bits per heavy atom. The zero-order valence-electron chi connectivity index (χ0n) is 31.0. The van der Waals surface area contributed by atoms with Crippen molar-refractivity contribution >= 4 is 58.9 Å². The van der Waals surface area contributed by atoms with Crippen molar-refractivity contribution in [2.24, 2.45) is 10.9 Å². The van der Waals surface area contributed by atoms with Crippen LogP contribution in [-0.4, -0.2) is 22.8 Å². The molecule has 0 aliphatic heterocycles. The molecule has 49 heavy (non-hydrogen) atoms. The molecule has 0 atom stereocenters. The molecule has 5 heteroatoms. The molecular formula is C44H51IrN3S-2. The number of hydrogen-bond donors (Lipinski definition) is 0. The first-order chi connectivity index (χ1) is 22.7. The molecule has 3 nitrogen and oxygen atoms in total. The summed E-state index contributed by atoms with van der Waals surface area (Å²) < 4.78 is 2.73. The Labute approximate surface area is 311 Å². The van der Waals surface area contributed by atoms with Crippen LogP contribution in [0.3, 0.4) is 0 Å². The predicted molar refractivity (Wildman–Crippen MR) is 214 cm³/mol. The SMILES string of the molecule is CC(/C=C(/C)[N-]C(C)C)=NC(C)C.CC(C)Cc1cccc2c1sc1c3ccccc3nc(-c3[c-]c4ccccc4c(C(C)(C)C)c3)c21.[Ir]. The van der Waals surface area contributed by atoms with E-state index in [0.29, 0.717) is 18.0 Å². The monoisotopic (exact) mass is 846 g/mol. The molecule has 2 aromatic heterocycles. The van der Waals surface area contributed by atoms with Crippen molar-refractivity contribution in [3.63, 3.8) is 0 Å². The Morgan fingerprint density at radius 2 is 1.51 bits per heavy atom. The van der Waals surface area contributed by atoms with Crippen molar-refractivity contribution < 1.29 is 20.1 Å². The minimum Gasteiger partial charge on any atom is -0.686 e. The molecule has 259 valence electrons. The number of aromatic nitrogens is 1. The van der Waals surface area contributed by atoms with Crippen LogP contribution in [0.1, 0.15) is 87.3 Å². The maximum absolute atomic E-state index is 5.29. The minimum absolute atomic E-state index is 0. The van der Waals surface area contributed by atoms with E-state index in [1.165, 1.54) is 42.1 Å². The number of pyridine rings is 1. The van der Waals surface area contributed by atoms with Crippen LogP contribution in [0.25, 0.3) is 58.4 Å². The van der Waals surface area contributed by atoms with Crippen LogP contribution in [-0.2, 0) is 31.9 Å². The van der Waals surface area contributed by atoms with E-state index in [0.717, 1.165) is 40.0 Å². The maximum Gasteiger partial charge on any atom is 0.0632 e. The number of nitrogens with zero attached hydrogens (tertiary/aromatic N) is 3. The zero-order chi connectivity index (χ0) is 34.7. The quantitative estimate of drug-likeness (QED) is 0.117. The van der Waals surface area contributed by atoms with Crippen LogP contribution in [0.15, 0.2) is 89.6 Å². The van der Waals surface area contributed by atoms with Gasteiger partial charge in [0, 0.05) is 52.3 Å². The fourth-order valence-electron chi connectivity index (χ4n) is 6.51. The van der Waals surface area contributed by atoms with E-state index in [1.54, 1.807) is 0 Å². The van der Waals surface area contributed by atoms with Gasteiger partial charge >= 0.3 is 0 Å². The smallest absolute Gasteiger partial charge is 0.0632 e. The van der Waals surface area contributed by atoms with E-state index in [1.807, 2.05) is 31.3 Å². The maximum atomic E-state index is 5.29. The number of thiophene rings is 1. The summed E-state index contributed by atoms with van der Waals surface area (Å²) in [5.74, 6) is 0.614. The van der Waals surface area contributed by atoms with E-state index in [4.69, 9.17) is 4.98 Å². The largest absolute Gasteiger partial charge is 0.686 e. The van der Waals surface area contributed by atoms with Crippen LogP contribution in [0.2, 0.25) is 0 Å². The second kappa shape index (κ2) is 16.1. The van der Waals surface area contributed by atoms with Gasteiger partial charge in [0.25, 0.3) is 0 Å². The summed E-state index contributed by atoms with van der Waals surface area (Å²) in [7, 11) is 0. The third kappa shape index (κ3) is 9.06. The summed E-state index contributed by atoms with van der Waals surface area (Å²) in [5, 5.41) is 10.6. The number of fused-ring (bicyclic) bond motifs is 6. The number of rotatable bonds is 7. The minimum atomic E-state index is 0. The summed E-state index contributed by atoms with van der Waals surface area (Å²) >= 11 is 1.93. The van der Waals surface area contributed by atoms with E-state index in [-0.39, 0.29) is 25.5 Å². The van der Waals surface area contributed by atoms with Crippen LogP contribution >= 0.6 is 11.3 Å². The molecular weight excluding hydrogens is 795 g/mol. The van der Waals surface area contributed by atoms with Crippen LogP contribution in [0, 0.1) is 12.0 Å². The molecule has 6 aromatic rings. The van der Waals surface area contributed by atoms with Gasteiger partial charge in [-0.1, -0.05) is 127 Å². The van der Waals surface area contributed by atoms with Crippen LogP contribution in [0.5, 0.6) is 0 Å². The third-order valence-electron chi connectivity index (χ3n) is 8.22. The van der Waals surface area contributed by atoms with E-state index in [9.17, 15) is 0 Å². The van der Waals surface area contributed by atoms with E-state index in [2.05, 4.69) is 151 Å². The van der Waals surface area contributed by atoms with Gasteiger partial charge in [0.1, 0.15) is 0 Å². The zero-order valence-corrected chi connectivity index (χ0v) is 34.2. The summed E-state index contributed by atoms with van der Waals surface area (Å²) in [6, 6.07) is 30.8. The molecule has 4 aromatic carbocycles. The van der Waals surface area contributed by atoms with Gasteiger partial charge in [-0.25, -0.2) is 0 Å². The molecule has 0 N–H and O–H groups in total. The van der Waals surface area contributed by atoms with Gasteiger partial charge in [-0.2, -0.15) is 5.70 Å². The molecule has 2 heterocycles. The van der Waals surface area contributed by atoms with Gasteiger partial charge in [0.15, 0.2) is 0 Å². The molecule has 0 spiro atoms. The van der Waals surface area contributed by atoms with Crippen molar-refractivity contribution in [2.75, 3.05) is 0 Å². The standard InChI is InChI=1S/C33H30NS.C11H21N2.Ir/c1-20(2)17-22-12-10-15-26-29-30(34-28-16-9-8-14-25(28)32(29)35-31(22)26)23-18-21-11-6-7-13-24(21)27(19-23)33(3,4)5;1-8(2)12-10(5)7-11(6)13-9(3)4;/h6-16,19-20H,17H2,1-5H3;7-9H,1-6H3;/q2*-1;/b;10-7-,13-11?;. The molecule has 0 aliphatic rings. The number of allylic oxidation sites excluding steroid dienone is 2. The molecule has 0 unspecified atom stereocenters. The Bertz CT molecular complexity index is 2130.